The zero-order chi connectivity index (χ0) is 53.1. The van der Waals surface area contributed by atoms with Gasteiger partial charge in [0, 0.05) is 126 Å². The summed E-state index contributed by atoms with van der Waals surface area (Å²) in [4.78, 5) is 66.7. The molecule has 3 aliphatic rings. The highest BCUT2D eigenvalue weighted by molar-refractivity contribution is 7.14. The predicted molar refractivity (Wildman–Crippen MR) is 295 cm³/mol. The Balaban J connectivity index is 0.000000183. The van der Waals surface area contributed by atoms with E-state index in [1.54, 1.807) is 45.7 Å². The van der Waals surface area contributed by atoms with Crippen molar-refractivity contribution in [2.45, 2.75) is 78.6 Å². The normalized spacial score (nSPS) is 15.3. The summed E-state index contributed by atoms with van der Waals surface area (Å²) in [5.74, 6) is 2.72. The number of ether oxygens (including phenoxy) is 2. The van der Waals surface area contributed by atoms with Crippen LogP contribution >= 0.6 is 45.6 Å². The highest BCUT2D eigenvalue weighted by Crippen LogP contribution is 2.23. The van der Waals surface area contributed by atoms with Gasteiger partial charge in [-0.1, -0.05) is 6.07 Å². The molecule has 0 bridgehead atoms. The first-order chi connectivity index (χ1) is 35.4. The van der Waals surface area contributed by atoms with E-state index < -0.39 is 5.60 Å². The van der Waals surface area contributed by atoms with Crippen molar-refractivity contribution in [3.8, 4) is 11.5 Å². The summed E-state index contributed by atoms with van der Waals surface area (Å²) in [6.07, 6.45) is 2.96. The van der Waals surface area contributed by atoms with Crippen LogP contribution in [0.5, 0.6) is 0 Å². The van der Waals surface area contributed by atoms with E-state index >= 15 is 0 Å². The number of carbonyl (C=O) groups excluding carboxylic acids is 2. The number of nitrogens with two attached hydrogens (primary N) is 2. The number of aromatic nitrogens is 8. The second-order valence-electron chi connectivity index (χ2n) is 19.1. The number of nitrogen functional groups attached to an aromatic ring is 2. The van der Waals surface area contributed by atoms with Crippen LogP contribution in [0.15, 0.2) is 58.9 Å². The molecule has 0 saturated carbocycles. The monoisotopic (exact) mass is 1090 g/mol. The van der Waals surface area contributed by atoms with Gasteiger partial charge in [0.05, 0.1) is 23.0 Å². The van der Waals surface area contributed by atoms with Crippen molar-refractivity contribution in [2.75, 3.05) is 101 Å². The maximum absolute atomic E-state index is 11.9. The number of piperazine rings is 3. The van der Waals surface area contributed by atoms with Gasteiger partial charge >= 0.3 is 12.2 Å². The van der Waals surface area contributed by atoms with Crippen LogP contribution in [0.25, 0.3) is 11.5 Å². The number of nitrogens with zero attached hydrogens (tertiary/aromatic N) is 12. The van der Waals surface area contributed by atoms with Crippen LogP contribution < -0.4 is 32.7 Å². The fourth-order valence-corrected chi connectivity index (χ4v) is 9.11. The Morgan fingerprint density at radius 1 is 0.635 bits per heavy atom. The Labute approximate surface area is 450 Å². The molecule has 8 N–H and O–H groups in total. The number of halogens is 1. The van der Waals surface area contributed by atoms with Crippen molar-refractivity contribution < 1.29 is 19.1 Å². The first-order valence-electron chi connectivity index (χ1n) is 24.2. The van der Waals surface area contributed by atoms with Crippen molar-refractivity contribution in [1.82, 2.24) is 70.1 Å². The lowest BCUT2D eigenvalue weighted by Crippen LogP contribution is -2.49. The zero-order valence-corrected chi connectivity index (χ0v) is 46.3. The maximum Gasteiger partial charge on any atom is 0.410 e. The molecule has 3 fully saturated rings. The first-order valence-corrected chi connectivity index (χ1v) is 27.4. The topological polar surface area (TPSA) is 269 Å². The van der Waals surface area contributed by atoms with Gasteiger partial charge in [0.2, 0.25) is 5.95 Å². The van der Waals surface area contributed by atoms with Crippen molar-refractivity contribution >= 4 is 90.8 Å². The van der Waals surface area contributed by atoms with Gasteiger partial charge in [0.15, 0.2) is 21.2 Å². The van der Waals surface area contributed by atoms with Crippen molar-refractivity contribution in [1.29, 1.82) is 0 Å². The summed E-state index contributed by atoms with van der Waals surface area (Å²) in [6, 6.07) is 9.35. The number of amides is 2. The highest BCUT2D eigenvalue weighted by atomic mass is 35.5. The summed E-state index contributed by atoms with van der Waals surface area (Å²) in [5, 5.41) is 20.8. The van der Waals surface area contributed by atoms with Crippen LogP contribution in [0.2, 0.25) is 0 Å². The van der Waals surface area contributed by atoms with Crippen LogP contribution in [0, 0.1) is 6.92 Å². The van der Waals surface area contributed by atoms with E-state index in [0.717, 1.165) is 112 Å². The van der Waals surface area contributed by atoms with Gasteiger partial charge in [-0.15, -0.1) is 45.6 Å². The average molecular weight is 1090 g/mol. The minimum Gasteiger partial charge on any atom is -0.444 e. The Morgan fingerprint density at radius 2 is 1.16 bits per heavy atom. The van der Waals surface area contributed by atoms with Gasteiger partial charge in [-0.2, -0.15) is 4.98 Å². The quantitative estimate of drug-likeness (QED) is 0.0750. The molecule has 9 heterocycles. The number of nitrogens with one attached hydrogen (secondary N) is 4. The fourth-order valence-electron chi connectivity index (χ4n) is 7.07. The molecule has 0 spiro atoms. The molecule has 26 heteroatoms. The van der Waals surface area contributed by atoms with Gasteiger partial charge in [0.1, 0.15) is 28.5 Å². The van der Waals surface area contributed by atoms with E-state index in [4.69, 9.17) is 32.5 Å². The number of alkyl halides is 1. The fraction of sp³-hybridized carbons (Fsp3) is 0.500. The number of thiazole rings is 3. The molecule has 0 atom stereocenters. The Hall–Kier alpha value is -5.93. The molecule has 6 aromatic rings. The number of hydrogen-bond acceptors (Lipinski definition) is 23. The van der Waals surface area contributed by atoms with Gasteiger partial charge in [0.25, 0.3) is 0 Å². The number of hydrogen-bond donors (Lipinski definition) is 6. The third-order valence-electron chi connectivity index (χ3n) is 10.5. The van der Waals surface area contributed by atoms with Crippen LogP contribution in [0.4, 0.5) is 42.6 Å². The molecule has 3 aliphatic heterocycles. The summed E-state index contributed by atoms with van der Waals surface area (Å²) in [5.41, 5.74) is 14.7. The minimum atomic E-state index is -0.438. The summed E-state index contributed by atoms with van der Waals surface area (Å²) < 4.78 is 10.6. The third-order valence-corrected chi connectivity index (χ3v) is 13.0. The highest BCUT2D eigenvalue weighted by Gasteiger charge is 2.26. The van der Waals surface area contributed by atoms with E-state index in [0.29, 0.717) is 52.6 Å². The lowest BCUT2D eigenvalue weighted by atomic mass is 10.2. The SMILES string of the molecule is CC(C)(C)OC(=O)N1CCN(Cc2csc(N)n2)CC1.CC(C)(C)OC(=O)N1CCNCC1.Cc1cccc(-c2nccc(Nc3ccnc(Nc4nc(CN5CCNCC5)cs4)n3)n2)n1.Nc1nc(CCl)cs1. The largest absolute Gasteiger partial charge is 0.444 e. The standard InChI is InChI=1S/C22H24N10S.C13H22N4O2S.C9H18N2O2.C4H5ClN2S/c1-15-3-2-4-17(26-15)20-24-7-5-18(29-20)28-19-6-8-25-21(30-19)31-22-27-16(14-33-22)13-32-11-9-23-10-12-32;1-13(2,3)19-12(18)17-6-4-16(5-7-17)8-10-9-20-11(14)15-10;1-9(2,3)13-8(12)11-6-4-10-5-7-11;5-1-3-2-8-4(6)7-3/h2-8,14,23H,9-13H2,1H3,(H2,24,25,27,28,29,30,31);9H,4-8H2,1-3H3,(H2,14,15);10H,4-7H2,1-3H3;2H,1H2,(H2,6,7). The van der Waals surface area contributed by atoms with Crippen LogP contribution in [-0.2, 0) is 28.4 Å². The third kappa shape index (κ3) is 20.4. The second-order valence-corrected chi connectivity index (χ2v) is 22.0. The van der Waals surface area contributed by atoms with E-state index in [2.05, 4.69) is 76.3 Å². The molecular formula is C48H69ClN18O4S3. The molecule has 0 aromatic carbocycles. The van der Waals surface area contributed by atoms with Gasteiger partial charge in [-0.05, 0) is 72.7 Å². The van der Waals surface area contributed by atoms with E-state index in [-0.39, 0.29) is 17.8 Å². The maximum atomic E-state index is 11.9. The number of rotatable bonds is 10. The summed E-state index contributed by atoms with van der Waals surface area (Å²) in [6.45, 7) is 25.3. The Kier molecular flexibility index (Phi) is 21.8. The molecule has 6 aromatic heterocycles. The molecule has 3 saturated heterocycles. The van der Waals surface area contributed by atoms with Gasteiger partial charge in [-0.25, -0.2) is 44.5 Å². The van der Waals surface area contributed by atoms with Crippen LogP contribution in [0.1, 0.15) is 64.3 Å². The van der Waals surface area contributed by atoms with E-state index in [1.165, 1.54) is 22.7 Å². The molecule has 400 valence electrons. The number of anilines is 6. The van der Waals surface area contributed by atoms with Crippen molar-refractivity contribution in [2.24, 2.45) is 0 Å². The summed E-state index contributed by atoms with van der Waals surface area (Å²) in [7, 11) is 0. The minimum absolute atomic E-state index is 0.200. The van der Waals surface area contributed by atoms with Crippen molar-refractivity contribution in [3.05, 3.63) is 81.6 Å². The lowest BCUT2D eigenvalue weighted by molar-refractivity contribution is 0.0137. The zero-order valence-electron chi connectivity index (χ0n) is 43.1. The number of aryl methyl sites for hydroxylation is 1. The van der Waals surface area contributed by atoms with E-state index in [9.17, 15) is 9.59 Å². The molecule has 0 radical (unpaired) electrons. The molecule has 2 amide bonds. The average Bonchev–Trinajstić information content (AvgIpc) is 4.12. The molecule has 0 unspecified atom stereocenters. The van der Waals surface area contributed by atoms with Crippen LogP contribution in [-0.4, -0.2) is 161 Å². The molecule has 9 rings (SSSR count). The molecule has 0 aliphatic carbocycles. The Morgan fingerprint density at radius 3 is 1.72 bits per heavy atom. The smallest absolute Gasteiger partial charge is 0.410 e. The lowest BCUT2D eigenvalue weighted by Gasteiger charge is -2.35. The Bertz CT molecular complexity index is 2660. The number of carbonyl (C=O) groups is 2. The van der Waals surface area contributed by atoms with Crippen molar-refractivity contribution in [3.63, 3.8) is 0 Å². The molecule has 74 heavy (non-hydrogen) atoms. The second kappa shape index (κ2) is 28.1. The van der Waals surface area contributed by atoms with Crippen LogP contribution in [0.3, 0.4) is 0 Å². The predicted octanol–water partition coefficient (Wildman–Crippen LogP) is 7.05. The van der Waals surface area contributed by atoms with Gasteiger partial charge in [-0.3, -0.25) is 15.1 Å². The molecular weight excluding hydrogens is 1020 g/mol. The number of pyridine rings is 1. The summed E-state index contributed by atoms with van der Waals surface area (Å²) >= 11 is 9.85. The van der Waals surface area contributed by atoms with E-state index in [1.807, 2.05) is 77.4 Å². The first kappa shape index (κ1) is 57.4. The van der Waals surface area contributed by atoms with Gasteiger partial charge < -0.3 is 46.7 Å². The molecule has 22 nitrogen and oxygen atoms in total.